The molecule has 1 saturated carbocycles. The van der Waals surface area contributed by atoms with E-state index in [1.54, 1.807) is 0 Å². The quantitative estimate of drug-likeness (QED) is 0.718. The Morgan fingerprint density at radius 1 is 1.61 bits per heavy atom. The van der Waals surface area contributed by atoms with Crippen molar-refractivity contribution in [3.05, 3.63) is 30.2 Å². The maximum absolute atomic E-state index is 5.38. The van der Waals surface area contributed by atoms with E-state index >= 15 is 0 Å². The number of nitrogens with zero attached hydrogens (tertiary/aromatic N) is 2. The maximum atomic E-state index is 5.38. The van der Waals surface area contributed by atoms with Crippen LogP contribution in [0.15, 0.2) is 23.2 Å². The minimum atomic E-state index is 0.473. The monoisotopic (exact) mass is 249 g/mol. The lowest BCUT2D eigenvalue weighted by atomic mass is 10.2. The molecule has 0 aromatic carbocycles. The van der Waals surface area contributed by atoms with E-state index in [0.29, 0.717) is 12.1 Å². The van der Waals surface area contributed by atoms with Crippen molar-refractivity contribution < 1.29 is 4.52 Å². The summed E-state index contributed by atoms with van der Waals surface area (Å²) >= 11 is 0. The van der Waals surface area contributed by atoms with Gasteiger partial charge >= 0.3 is 0 Å². The van der Waals surface area contributed by atoms with Gasteiger partial charge in [0.05, 0.1) is 12.2 Å². The highest BCUT2D eigenvalue weighted by Gasteiger charge is 2.20. The first kappa shape index (κ1) is 13.3. The largest absolute Gasteiger partial charge is 0.360 e. The molecule has 18 heavy (non-hydrogen) atoms. The first-order valence-corrected chi connectivity index (χ1v) is 6.72. The molecule has 100 valence electrons. The molecule has 4 nitrogen and oxygen atoms in total. The predicted octanol–water partition coefficient (Wildman–Crippen LogP) is 2.32. The lowest BCUT2D eigenvalue weighted by molar-refractivity contribution is 0.208. The molecule has 0 aliphatic heterocycles. The Morgan fingerprint density at radius 3 is 3.00 bits per heavy atom. The van der Waals surface area contributed by atoms with Crippen molar-refractivity contribution in [2.24, 2.45) is 0 Å². The minimum absolute atomic E-state index is 0.473. The van der Waals surface area contributed by atoms with Crippen LogP contribution in [0.3, 0.4) is 0 Å². The van der Waals surface area contributed by atoms with Crippen LogP contribution in [0, 0.1) is 0 Å². The third-order valence-electron chi connectivity index (χ3n) is 3.21. The number of nitrogens with one attached hydrogen (secondary N) is 1. The molecular formula is C14H23N3O. The molecule has 1 heterocycles. The summed E-state index contributed by atoms with van der Waals surface area (Å²) in [5.41, 5.74) is 0.999. The molecular weight excluding hydrogens is 226 g/mol. The van der Waals surface area contributed by atoms with Crippen LogP contribution in [0.1, 0.15) is 38.1 Å². The van der Waals surface area contributed by atoms with Gasteiger partial charge in [0.2, 0.25) is 0 Å². The highest BCUT2D eigenvalue weighted by molar-refractivity contribution is 5.06. The Labute approximate surface area is 109 Å². The average Bonchev–Trinajstić information content (AvgIpc) is 3.06. The zero-order valence-electron chi connectivity index (χ0n) is 11.4. The van der Waals surface area contributed by atoms with Gasteiger partial charge in [-0.2, -0.15) is 0 Å². The fourth-order valence-corrected chi connectivity index (χ4v) is 1.87. The zero-order chi connectivity index (χ0) is 13.0. The topological polar surface area (TPSA) is 41.3 Å². The molecule has 0 radical (unpaired) electrons. The maximum Gasteiger partial charge on any atom is 0.151 e. The van der Waals surface area contributed by atoms with Gasteiger partial charge in [0.1, 0.15) is 0 Å². The van der Waals surface area contributed by atoms with Crippen LogP contribution in [-0.4, -0.2) is 28.7 Å². The zero-order valence-corrected chi connectivity index (χ0v) is 11.4. The smallest absolute Gasteiger partial charge is 0.151 e. The molecule has 1 aliphatic carbocycles. The number of aromatic nitrogens is 1. The highest BCUT2D eigenvalue weighted by Crippen LogP contribution is 2.19. The molecule has 0 atom stereocenters. The molecule has 1 N–H and O–H groups in total. The van der Waals surface area contributed by atoms with E-state index in [-0.39, 0.29) is 0 Å². The van der Waals surface area contributed by atoms with Crippen LogP contribution in [0.25, 0.3) is 0 Å². The predicted molar refractivity (Wildman–Crippen MR) is 72.1 cm³/mol. The van der Waals surface area contributed by atoms with Crippen LogP contribution >= 0.6 is 0 Å². The van der Waals surface area contributed by atoms with E-state index < -0.39 is 0 Å². The van der Waals surface area contributed by atoms with Gasteiger partial charge in [0.25, 0.3) is 0 Å². The average molecular weight is 249 g/mol. The van der Waals surface area contributed by atoms with Gasteiger partial charge in [-0.15, -0.1) is 6.58 Å². The van der Waals surface area contributed by atoms with Gasteiger partial charge in [0.15, 0.2) is 5.76 Å². The first-order chi connectivity index (χ1) is 8.69. The van der Waals surface area contributed by atoms with E-state index in [1.807, 2.05) is 12.1 Å². The third kappa shape index (κ3) is 3.96. The summed E-state index contributed by atoms with van der Waals surface area (Å²) < 4.78 is 5.38. The lowest BCUT2D eigenvalue weighted by Crippen LogP contribution is -2.30. The molecule has 2 rings (SSSR count). The Bertz CT molecular complexity index is 382. The molecule has 1 aliphatic rings. The molecule has 0 amide bonds. The molecule has 1 aromatic heterocycles. The van der Waals surface area contributed by atoms with E-state index in [1.165, 1.54) is 12.8 Å². The summed E-state index contributed by atoms with van der Waals surface area (Å²) in [4.78, 5) is 2.30. The number of hydrogen-bond donors (Lipinski definition) is 1. The molecule has 0 bridgehead atoms. The number of rotatable bonds is 8. The van der Waals surface area contributed by atoms with Crippen LogP contribution in [0.4, 0.5) is 0 Å². The van der Waals surface area contributed by atoms with E-state index in [0.717, 1.165) is 31.1 Å². The summed E-state index contributed by atoms with van der Waals surface area (Å²) in [6, 6.07) is 3.23. The Balaban J connectivity index is 1.85. The van der Waals surface area contributed by atoms with Gasteiger partial charge in [-0.05, 0) is 26.7 Å². The van der Waals surface area contributed by atoms with Gasteiger partial charge in [0, 0.05) is 31.2 Å². The second-order valence-corrected chi connectivity index (χ2v) is 5.25. The van der Waals surface area contributed by atoms with E-state index in [4.69, 9.17) is 4.52 Å². The summed E-state index contributed by atoms with van der Waals surface area (Å²) in [6.07, 6.45) is 4.52. The first-order valence-electron chi connectivity index (χ1n) is 6.72. The number of hydrogen-bond acceptors (Lipinski definition) is 4. The molecule has 0 spiro atoms. The van der Waals surface area contributed by atoms with Gasteiger partial charge in [-0.25, -0.2) is 0 Å². The van der Waals surface area contributed by atoms with Crippen LogP contribution in [0.2, 0.25) is 0 Å². The highest BCUT2D eigenvalue weighted by atomic mass is 16.5. The Morgan fingerprint density at radius 2 is 2.39 bits per heavy atom. The van der Waals surface area contributed by atoms with Gasteiger partial charge in [-0.3, -0.25) is 4.90 Å². The summed E-state index contributed by atoms with van der Waals surface area (Å²) in [6.45, 7) is 10.6. The summed E-state index contributed by atoms with van der Waals surface area (Å²) in [5, 5.41) is 7.53. The van der Waals surface area contributed by atoms with Crippen molar-refractivity contribution in [2.45, 2.75) is 51.9 Å². The van der Waals surface area contributed by atoms with Gasteiger partial charge in [-0.1, -0.05) is 11.2 Å². The van der Waals surface area contributed by atoms with Crippen molar-refractivity contribution in [1.82, 2.24) is 15.4 Å². The van der Waals surface area contributed by atoms with Crippen molar-refractivity contribution in [1.29, 1.82) is 0 Å². The van der Waals surface area contributed by atoms with Crippen LogP contribution in [0.5, 0.6) is 0 Å². The lowest BCUT2D eigenvalue weighted by Gasteiger charge is -2.23. The fourth-order valence-electron chi connectivity index (χ4n) is 1.87. The minimum Gasteiger partial charge on any atom is -0.360 e. The summed E-state index contributed by atoms with van der Waals surface area (Å²) in [7, 11) is 0. The van der Waals surface area contributed by atoms with Crippen molar-refractivity contribution >= 4 is 0 Å². The fraction of sp³-hybridized carbons (Fsp3) is 0.643. The third-order valence-corrected chi connectivity index (χ3v) is 3.21. The normalized spacial score (nSPS) is 15.6. The SMILES string of the molecule is C=CCN(Cc1cc(CNC2CC2)no1)C(C)C. The molecule has 1 fully saturated rings. The van der Waals surface area contributed by atoms with Crippen LogP contribution < -0.4 is 5.32 Å². The molecule has 0 saturated heterocycles. The van der Waals surface area contributed by atoms with Crippen molar-refractivity contribution in [2.75, 3.05) is 6.54 Å². The second-order valence-electron chi connectivity index (χ2n) is 5.25. The molecule has 4 heteroatoms. The standard InChI is InChI=1S/C14H23N3O/c1-4-7-17(11(2)3)10-14-8-13(16-18-14)9-15-12-5-6-12/h4,8,11-12,15H,1,5-7,9-10H2,2-3H3. The molecule has 0 unspecified atom stereocenters. The second kappa shape index (κ2) is 6.16. The molecule has 1 aromatic rings. The van der Waals surface area contributed by atoms with Crippen molar-refractivity contribution in [3.63, 3.8) is 0 Å². The van der Waals surface area contributed by atoms with Crippen molar-refractivity contribution in [3.8, 4) is 0 Å². The Kier molecular flexibility index (Phi) is 4.55. The van der Waals surface area contributed by atoms with E-state index in [9.17, 15) is 0 Å². The summed E-state index contributed by atoms with van der Waals surface area (Å²) in [5.74, 6) is 0.929. The van der Waals surface area contributed by atoms with E-state index in [2.05, 4.69) is 35.8 Å². The Hall–Kier alpha value is -1.13. The van der Waals surface area contributed by atoms with Gasteiger partial charge < -0.3 is 9.84 Å². The van der Waals surface area contributed by atoms with Crippen LogP contribution in [-0.2, 0) is 13.1 Å².